The predicted octanol–water partition coefficient (Wildman–Crippen LogP) is 3.00. The molecule has 0 aliphatic carbocycles. The quantitative estimate of drug-likeness (QED) is 0.431. The smallest absolute Gasteiger partial charge is 0.279 e. The van der Waals surface area contributed by atoms with E-state index in [0.717, 1.165) is 17.0 Å². The van der Waals surface area contributed by atoms with E-state index < -0.39 is 6.04 Å². The summed E-state index contributed by atoms with van der Waals surface area (Å²) in [5.74, 6) is 1.68. The van der Waals surface area contributed by atoms with Gasteiger partial charge in [0, 0.05) is 44.4 Å². The molecule has 0 bridgehead atoms. The first-order valence-corrected chi connectivity index (χ1v) is 12.9. The molecule has 1 unspecified atom stereocenters. The van der Waals surface area contributed by atoms with Gasteiger partial charge in [-0.3, -0.25) is 9.69 Å². The minimum Gasteiger partial charge on any atom is -0.480 e. The highest BCUT2D eigenvalue weighted by Gasteiger charge is 2.47. The highest BCUT2D eigenvalue weighted by Crippen LogP contribution is 2.46. The Morgan fingerprint density at radius 1 is 1.13 bits per heavy atom. The first-order valence-electron chi connectivity index (χ1n) is 12.5. The van der Waals surface area contributed by atoms with Crippen LogP contribution in [0.4, 0.5) is 5.95 Å². The maximum absolute atomic E-state index is 14.2. The van der Waals surface area contributed by atoms with E-state index in [4.69, 9.17) is 26.1 Å². The Labute approximate surface area is 232 Å². The van der Waals surface area contributed by atoms with E-state index in [2.05, 4.69) is 33.8 Å². The number of halogens is 1. The Balaban J connectivity index is 1.77. The molecule has 2 aromatic heterocycles. The molecule has 1 atom stereocenters. The van der Waals surface area contributed by atoms with Gasteiger partial charge in [-0.15, -0.1) is 0 Å². The number of nitrogens with one attached hydrogen (secondary N) is 1. The number of ether oxygens (including phenoxy) is 2. The molecule has 0 saturated carbocycles. The third kappa shape index (κ3) is 4.47. The largest absolute Gasteiger partial charge is 0.480 e. The lowest BCUT2D eigenvalue weighted by atomic mass is 10.0. The van der Waals surface area contributed by atoms with Crippen molar-refractivity contribution in [1.29, 1.82) is 0 Å². The van der Waals surface area contributed by atoms with Gasteiger partial charge in [0.2, 0.25) is 11.8 Å². The molecule has 5 rings (SSSR count). The molecule has 3 N–H and O–H groups in total. The molecule has 0 fully saturated rings. The molecule has 12 heteroatoms. The first kappa shape index (κ1) is 26.5. The maximum atomic E-state index is 14.2. The number of anilines is 1. The van der Waals surface area contributed by atoms with Crippen LogP contribution in [-0.4, -0.2) is 58.6 Å². The molecule has 204 valence electrons. The number of quaternary nitrogens is 1. The van der Waals surface area contributed by atoms with Crippen LogP contribution in [0.3, 0.4) is 0 Å². The molecule has 2 aliphatic rings. The summed E-state index contributed by atoms with van der Waals surface area (Å²) in [5, 5.41) is 0.609. The zero-order valence-electron chi connectivity index (χ0n) is 23.0. The van der Waals surface area contributed by atoms with Gasteiger partial charge in [-0.25, -0.2) is 15.4 Å². The summed E-state index contributed by atoms with van der Waals surface area (Å²) < 4.78 is 13.4. The van der Waals surface area contributed by atoms with Gasteiger partial charge < -0.3 is 18.9 Å². The molecule has 1 amide bonds. The van der Waals surface area contributed by atoms with E-state index in [1.54, 1.807) is 30.2 Å². The number of carbonyl (C=O) groups excluding carboxylic acids is 1. The molecule has 0 radical (unpaired) electrons. The summed E-state index contributed by atoms with van der Waals surface area (Å²) in [6.45, 7) is 6.07. The third-order valence-corrected chi connectivity index (χ3v) is 6.91. The number of nitrogens with two attached hydrogens (primary N) is 1. The van der Waals surface area contributed by atoms with Crippen molar-refractivity contribution in [3.63, 3.8) is 0 Å². The summed E-state index contributed by atoms with van der Waals surface area (Å²) in [6.07, 6.45) is 3.62. The molecule has 4 heterocycles. The number of hydrogen-bond donors (Lipinski definition) is 2. The highest BCUT2D eigenvalue weighted by molar-refractivity contribution is 6.30. The van der Waals surface area contributed by atoms with E-state index in [1.165, 1.54) is 0 Å². The Morgan fingerprint density at radius 3 is 2.46 bits per heavy atom. The highest BCUT2D eigenvalue weighted by atomic mass is 35.5. The number of aromatic nitrogens is 4. The van der Waals surface area contributed by atoms with Crippen molar-refractivity contribution in [3.05, 3.63) is 75.8 Å². The van der Waals surface area contributed by atoms with Gasteiger partial charge >= 0.3 is 0 Å². The van der Waals surface area contributed by atoms with Crippen LogP contribution in [-0.2, 0) is 4.74 Å². The summed E-state index contributed by atoms with van der Waals surface area (Å²) >= 11 is 6.25. The summed E-state index contributed by atoms with van der Waals surface area (Å²) in [5.41, 5.74) is 9.15. The molecule has 39 heavy (non-hydrogen) atoms. The van der Waals surface area contributed by atoms with Crippen molar-refractivity contribution in [2.45, 2.75) is 32.9 Å². The van der Waals surface area contributed by atoms with Crippen molar-refractivity contribution in [1.82, 2.24) is 29.8 Å². The van der Waals surface area contributed by atoms with Gasteiger partial charge in [-0.2, -0.15) is 10.4 Å². The minimum absolute atomic E-state index is 0.0528. The monoisotopic (exact) mass is 551 g/mol. The standard InChI is InChI=1S/C27H31ClN8O3/c1-14(2)35-22-20(30-23(35)18-13-29-27(34(4)5)31-24(18)38-6)26(37)36(19-12-15(3)32-33-25(19)39-7)21(22)16-8-10-17(28)11-9-16/h8-14,21,32-33H,1-7H3/p+1. The van der Waals surface area contributed by atoms with Gasteiger partial charge in [0.15, 0.2) is 5.69 Å². The first-order chi connectivity index (χ1) is 18.7. The van der Waals surface area contributed by atoms with Gasteiger partial charge in [0.25, 0.3) is 11.8 Å². The van der Waals surface area contributed by atoms with Crippen LogP contribution in [0.25, 0.3) is 11.4 Å². The Morgan fingerprint density at radius 2 is 1.85 bits per heavy atom. The van der Waals surface area contributed by atoms with Gasteiger partial charge in [0.1, 0.15) is 23.3 Å². The normalized spacial score (nSPS) is 16.8. The molecule has 11 nitrogen and oxygen atoms in total. The van der Waals surface area contributed by atoms with Crippen LogP contribution in [0.1, 0.15) is 54.6 Å². The number of allylic oxidation sites excluding steroid dienone is 2. The number of hydrogen-bond acceptors (Lipinski definition) is 8. The van der Waals surface area contributed by atoms with Gasteiger partial charge in [0.05, 0.1) is 25.5 Å². The average Bonchev–Trinajstić information content (AvgIpc) is 3.43. The molecule has 2 aliphatic heterocycles. The van der Waals surface area contributed by atoms with Crippen molar-refractivity contribution in [2.24, 2.45) is 0 Å². The minimum atomic E-state index is -0.495. The van der Waals surface area contributed by atoms with E-state index in [0.29, 0.717) is 45.5 Å². The van der Waals surface area contributed by atoms with Crippen LogP contribution in [0.5, 0.6) is 5.88 Å². The lowest BCUT2D eigenvalue weighted by Gasteiger charge is -2.31. The molecule has 3 aromatic rings. The molecular formula is C27H32ClN8O3+. The van der Waals surface area contributed by atoms with Crippen LogP contribution in [0, 0.1) is 0 Å². The summed E-state index contributed by atoms with van der Waals surface area (Å²) in [6, 6.07) is 6.96. The van der Waals surface area contributed by atoms with Crippen molar-refractivity contribution >= 4 is 23.5 Å². The second kappa shape index (κ2) is 10.2. The zero-order chi connectivity index (χ0) is 28.0. The summed E-state index contributed by atoms with van der Waals surface area (Å²) in [4.78, 5) is 31.7. The van der Waals surface area contributed by atoms with Crippen molar-refractivity contribution in [2.75, 3.05) is 33.2 Å². The van der Waals surface area contributed by atoms with E-state index in [1.807, 2.05) is 56.8 Å². The fraction of sp³-hybridized carbons (Fsp3) is 0.333. The van der Waals surface area contributed by atoms with Crippen molar-refractivity contribution < 1.29 is 19.7 Å². The van der Waals surface area contributed by atoms with Gasteiger partial charge in [-0.05, 0) is 31.5 Å². The molecular weight excluding hydrogens is 520 g/mol. The van der Waals surface area contributed by atoms with Crippen LogP contribution in [0.15, 0.2) is 53.8 Å². The molecule has 0 spiro atoms. The number of benzene rings is 1. The molecule has 1 aromatic carbocycles. The second-order valence-electron chi connectivity index (χ2n) is 9.85. The number of amides is 1. The lowest BCUT2D eigenvalue weighted by molar-refractivity contribution is -0.664. The number of methoxy groups -OCH3 is 2. The number of nitrogens with zero attached hydrogens (tertiary/aromatic N) is 6. The number of rotatable bonds is 7. The van der Waals surface area contributed by atoms with E-state index >= 15 is 0 Å². The van der Waals surface area contributed by atoms with E-state index in [9.17, 15) is 4.79 Å². The fourth-order valence-electron chi connectivity index (χ4n) is 4.93. The number of imidazole rings is 1. The van der Waals surface area contributed by atoms with Crippen LogP contribution < -0.4 is 20.5 Å². The van der Waals surface area contributed by atoms with Crippen LogP contribution >= 0.6 is 11.6 Å². The topological polar surface area (TPSA) is 114 Å². The Bertz CT molecular complexity index is 1490. The third-order valence-electron chi connectivity index (χ3n) is 6.66. The summed E-state index contributed by atoms with van der Waals surface area (Å²) in [7, 11) is 6.85. The number of carbonyl (C=O) groups is 1. The average molecular weight is 552 g/mol. The Kier molecular flexibility index (Phi) is 6.96. The molecule has 0 saturated heterocycles. The SMILES string of the molecule is COC1=C(N2C(=O)c3nc(-c4cnc(N(C)C)nc4OC)n(C(C)C)c3C2c2ccc(Cl)cc2)C=C(C)[NH2+]N1. The number of fused-ring (bicyclic) bond motifs is 1. The zero-order valence-corrected chi connectivity index (χ0v) is 23.7. The Hall–Kier alpha value is -4.09. The van der Waals surface area contributed by atoms with Crippen molar-refractivity contribution in [3.8, 4) is 17.3 Å². The maximum Gasteiger partial charge on any atom is 0.279 e. The van der Waals surface area contributed by atoms with Gasteiger partial charge in [-0.1, -0.05) is 23.7 Å². The predicted molar refractivity (Wildman–Crippen MR) is 147 cm³/mol. The fourth-order valence-corrected chi connectivity index (χ4v) is 5.06. The lowest BCUT2D eigenvalue weighted by Crippen LogP contribution is -2.91. The van der Waals surface area contributed by atoms with Crippen LogP contribution in [0.2, 0.25) is 5.02 Å². The van der Waals surface area contributed by atoms with E-state index in [-0.39, 0.29) is 11.9 Å². The second-order valence-corrected chi connectivity index (χ2v) is 10.3.